The molecule has 0 aromatic heterocycles. The zero-order chi connectivity index (χ0) is 15.4. The number of benzene rings is 2. The molecule has 108 valence electrons. The second kappa shape index (κ2) is 6.09. The number of primary amides is 2. The molecule has 5 N–H and O–H groups in total. The van der Waals surface area contributed by atoms with Crippen molar-refractivity contribution in [1.29, 1.82) is 0 Å². The van der Waals surface area contributed by atoms with Crippen molar-refractivity contribution in [3.8, 4) is 0 Å². The van der Waals surface area contributed by atoms with Crippen LogP contribution < -0.4 is 16.8 Å². The van der Waals surface area contributed by atoms with E-state index in [1.807, 2.05) is 24.3 Å². The van der Waals surface area contributed by atoms with Crippen LogP contribution in [0.25, 0.3) is 0 Å². The standard InChI is InChI=1S/C16H17N3O2/c1-2-10-5-3-6-11(9-10)19-13-8-4-7-12(15(17)20)14(13)16(18)21/h3-9,19H,2H2,1H3,(H2,17,20)(H2,18,21). The quantitative estimate of drug-likeness (QED) is 0.784. The number of nitrogens with one attached hydrogen (secondary N) is 1. The predicted molar refractivity (Wildman–Crippen MR) is 82.6 cm³/mol. The Bertz CT molecular complexity index is 696. The molecule has 2 amide bonds. The maximum atomic E-state index is 11.6. The van der Waals surface area contributed by atoms with Crippen LogP contribution in [0.3, 0.4) is 0 Å². The smallest absolute Gasteiger partial charge is 0.251 e. The summed E-state index contributed by atoms with van der Waals surface area (Å²) < 4.78 is 0. The van der Waals surface area contributed by atoms with Gasteiger partial charge in [-0.05, 0) is 36.2 Å². The number of amides is 2. The van der Waals surface area contributed by atoms with Gasteiger partial charge in [-0.3, -0.25) is 9.59 Å². The number of hydrogen-bond donors (Lipinski definition) is 3. The number of hydrogen-bond acceptors (Lipinski definition) is 3. The minimum atomic E-state index is -0.696. The van der Waals surface area contributed by atoms with Gasteiger partial charge in [-0.2, -0.15) is 0 Å². The number of rotatable bonds is 5. The lowest BCUT2D eigenvalue weighted by Crippen LogP contribution is -2.21. The van der Waals surface area contributed by atoms with Crippen molar-refractivity contribution in [2.45, 2.75) is 13.3 Å². The van der Waals surface area contributed by atoms with Gasteiger partial charge in [0.2, 0.25) is 5.91 Å². The largest absolute Gasteiger partial charge is 0.366 e. The maximum Gasteiger partial charge on any atom is 0.251 e. The molecule has 21 heavy (non-hydrogen) atoms. The average molecular weight is 283 g/mol. The second-order valence-electron chi connectivity index (χ2n) is 4.64. The molecule has 0 spiro atoms. The third kappa shape index (κ3) is 3.20. The highest BCUT2D eigenvalue weighted by Crippen LogP contribution is 2.24. The van der Waals surface area contributed by atoms with Crippen LogP contribution in [0.5, 0.6) is 0 Å². The van der Waals surface area contributed by atoms with Gasteiger partial charge in [-0.15, -0.1) is 0 Å². The first-order chi connectivity index (χ1) is 10.0. The molecule has 0 radical (unpaired) electrons. The van der Waals surface area contributed by atoms with E-state index in [1.165, 1.54) is 6.07 Å². The third-order valence-electron chi connectivity index (χ3n) is 3.19. The molecule has 0 bridgehead atoms. The molecular formula is C16H17N3O2. The van der Waals surface area contributed by atoms with E-state index in [4.69, 9.17) is 11.5 Å². The van der Waals surface area contributed by atoms with Crippen LogP contribution in [0.1, 0.15) is 33.2 Å². The Balaban J connectivity index is 2.46. The van der Waals surface area contributed by atoms with Crippen LogP contribution in [-0.2, 0) is 6.42 Å². The molecule has 0 fully saturated rings. The van der Waals surface area contributed by atoms with E-state index in [0.29, 0.717) is 5.69 Å². The minimum Gasteiger partial charge on any atom is -0.366 e. The van der Waals surface area contributed by atoms with Gasteiger partial charge in [0, 0.05) is 5.69 Å². The first-order valence-electron chi connectivity index (χ1n) is 6.61. The Hall–Kier alpha value is -2.82. The van der Waals surface area contributed by atoms with E-state index in [1.54, 1.807) is 12.1 Å². The van der Waals surface area contributed by atoms with E-state index in [9.17, 15) is 9.59 Å². The lowest BCUT2D eigenvalue weighted by atomic mass is 10.0. The van der Waals surface area contributed by atoms with Crippen LogP contribution >= 0.6 is 0 Å². The number of aryl methyl sites for hydroxylation is 1. The van der Waals surface area contributed by atoms with Crippen molar-refractivity contribution in [2.24, 2.45) is 11.5 Å². The maximum absolute atomic E-state index is 11.6. The van der Waals surface area contributed by atoms with E-state index in [2.05, 4.69) is 12.2 Å². The van der Waals surface area contributed by atoms with Crippen molar-refractivity contribution in [2.75, 3.05) is 5.32 Å². The Morgan fingerprint density at radius 2 is 1.76 bits per heavy atom. The SMILES string of the molecule is CCc1cccc(Nc2cccc(C(N)=O)c2C(N)=O)c1. The van der Waals surface area contributed by atoms with Gasteiger partial charge < -0.3 is 16.8 Å². The highest BCUT2D eigenvalue weighted by Gasteiger charge is 2.17. The summed E-state index contributed by atoms with van der Waals surface area (Å²) in [6.45, 7) is 2.06. The molecule has 0 aliphatic heterocycles. The lowest BCUT2D eigenvalue weighted by molar-refractivity contribution is 0.0968. The van der Waals surface area contributed by atoms with Crippen LogP contribution in [0.2, 0.25) is 0 Å². The summed E-state index contributed by atoms with van der Waals surface area (Å²) in [6.07, 6.45) is 0.902. The highest BCUT2D eigenvalue weighted by atomic mass is 16.2. The molecule has 0 saturated heterocycles. The van der Waals surface area contributed by atoms with Crippen LogP contribution in [-0.4, -0.2) is 11.8 Å². The summed E-state index contributed by atoms with van der Waals surface area (Å²) in [5.74, 6) is -1.38. The molecule has 2 aromatic rings. The Labute approximate surface area is 123 Å². The van der Waals surface area contributed by atoms with Gasteiger partial charge in [0.25, 0.3) is 5.91 Å². The van der Waals surface area contributed by atoms with Crippen LogP contribution in [0.15, 0.2) is 42.5 Å². The van der Waals surface area contributed by atoms with Crippen molar-refractivity contribution >= 4 is 23.2 Å². The highest BCUT2D eigenvalue weighted by molar-refractivity contribution is 6.10. The molecule has 2 rings (SSSR count). The van der Waals surface area contributed by atoms with Crippen LogP contribution in [0, 0.1) is 0 Å². The Morgan fingerprint density at radius 3 is 2.38 bits per heavy atom. The molecule has 5 heteroatoms. The van der Waals surface area contributed by atoms with E-state index in [0.717, 1.165) is 17.7 Å². The van der Waals surface area contributed by atoms with E-state index >= 15 is 0 Å². The van der Waals surface area contributed by atoms with E-state index in [-0.39, 0.29) is 11.1 Å². The predicted octanol–water partition coefficient (Wildman–Crippen LogP) is 2.19. The summed E-state index contributed by atoms with van der Waals surface area (Å²) in [7, 11) is 0. The van der Waals surface area contributed by atoms with Gasteiger partial charge in [-0.1, -0.05) is 25.1 Å². The Morgan fingerprint density at radius 1 is 1.05 bits per heavy atom. The van der Waals surface area contributed by atoms with Gasteiger partial charge in [0.1, 0.15) is 0 Å². The van der Waals surface area contributed by atoms with Gasteiger partial charge in [0.05, 0.1) is 16.8 Å². The summed E-state index contributed by atoms with van der Waals surface area (Å²) >= 11 is 0. The molecule has 2 aromatic carbocycles. The number of anilines is 2. The monoisotopic (exact) mass is 283 g/mol. The first kappa shape index (κ1) is 14.6. The zero-order valence-corrected chi connectivity index (χ0v) is 11.7. The van der Waals surface area contributed by atoms with Crippen molar-refractivity contribution in [3.63, 3.8) is 0 Å². The molecule has 0 atom stereocenters. The molecular weight excluding hydrogens is 266 g/mol. The molecule has 0 heterocycles. The Kier molecular flexibility index (Phi) is 4.23. The molecule has 0 unspecified atom stereocenters. The summed E-state index contributed by atoms with van der Waals surface area (Å²) in [5, 5.41) is 3.12. The second-order valence-corrected chi connectivity index (χ2v) is 4.64. The van der Waals surface area contributed by atoms with Crippen molar-refractivity contribution < 1.29 is 9.59 Å². The van der Waals surface area contributed by atoms with Gasteiger partial charge in [0.15, 0.2) is 0 Å². The van der Waals surface area contributed by atoms with Gasteiger partial charge >= 0.3 is 0 Å². The number of carbonyl (C=O) groups is 2. The first-order valence-corrected chi connectivity index (χ1v) is 6.61. The molecule has 5 nitrogen and oxygen atoms in total. The van der Waals surface area contributed by atoms with Crippen molar-refractivity contribution in [3.05, 3.63) is 59.2 Å². The fourth-order valence-electron chi connectivity index (χ4n) is 2.15. The number of carbonyl (C=O) groups excluding carboxylic acids is 2. The molecule has 0 aliphatic carbocycles. The normalized spacial score (nSPS) is 10.1. The van der Waals surface area contributed by atoms with E-state index < -0.39 is 11.8 Å². The fourth-order valence-corrected chi connectivity index (χ4v) is 2.15. The number of nitrogens with two attached hydrogens (primary N) is 2. The van der Waals surface area contributed by atoms with Crippen LogP contribution in [0.4, 0.5) is 11.4 Å². The van der Waals surface area contributed by atoms with Gasteiger partial charge in [-0.25, -0.2) is 0 Å². The average Bonchev–Trinajstić information content (AvgIpc) is 2.46. The minimum absolute atomic E-state index is 0.104. The third-order valence-corrected chi connectivity index (χ3v) is 3.19. The van der Waals surface area contributed by atoms with Crippen molar-refractivity contribution in [1.82, 2.24) is 0 Å². The lowest BCUT2D eigenvalue weighted by Gasteiger charge is -2.13. The molecule has 0 saturated carbocycles. The summed E-state index contributed by atoms with van der Waals surface area (Å²) in [6, 6.07) is 12.6. The summed E-state index contributed by atoms with van der Waals surface area (Å²) in [4.78, 5) is 23.1. The summed E-state index contributed by atoms with van der Waals surface area (Å²) in [5.41, 5.74) is 13.3. The topological polar surface area (TPSA) is 98.2 Å². The fraction of sp³-hybridized carbons (Fsp3) is 0.125. The molecule has 0 aliphatic rings. The zero-order valence-electron chi connectivity index (χ0n) is 11.7.